The van der Waals surface area contributed by atoms with E-state index in [1.165, 1.54) is 0 Å². The largest absolute Gasteiger partial charge is 0.504 e. The molecule has 1 aromatic carbocycles. The number of rotatable bonds is 5. The maximum atomic E-state index is 10.1. The van der Waals surface area contributed by atoms with Crippen LogP contribution >= 0.6 is 0 Å². The summed E-state index contributed by atoms with van der Waals surface area (Å²) in [6.07, 6.45) is 2.27. The lowest BCUT2D eigenvalue weighted by Gasteiger charge is -2.27. The van der Waals surface area contributed by atoms with Gasteiger partial charge in [-0.15, -0.1) is 0 Å². The summed E-state index contributed by atoms with van der Waals surface area (Å²) in [5.74, 6) is 1.49. The van der Waals surface area contributed by atoms with Gasteiger partial charge in [-0.25, -0.2) is 0 Å². The van der Waals surface area contributed by atoms with Gasteiger partial charge in [-0.05, 0) is 31.9 Å². The number of phenolic OH excluding ortho intramolecular Hbond substituents is 1. The molecule has 0 atom stereocenters. The first-order chi connectivity index (χ1) is 9.20. The Morgan fingerprint density at radius 2 is 2.11 bits per heavy atom. The van der Waals surface area contributed by atoms with Gasteiger partial charge in [0.05, 0.1) is 7.11 Å². The van der Waals surface area contributed by atoms with Gasteiger partial charge in [0.2, 0.25) is 0 Å². The van der Waals surface area contributed by atoms with Crippen LogP contribution in [0.5, 0.6) is 11.5 Å². The summed E-state index contributed by atoms with van der Waals surface area (Å²) in [4.78, 5) is 2.25. The lowest BCUT2D eigenvalue weighted by molar-refractivity contribution is 0.0549. The van der Waals surface area contributed by atoms with E-state index in [0.717, 1.165) is 44.7 Å². The summed E-state index contributed by atoms with van der Waals surface area (Å²) < 4.78 is 10.5. The van der Waals surface area contributed by atoms with Crippen LogP contribution < -0.4 is 4.74 Å². The lowest BCUT2D eigenvalue weighted by atomic mass is 9.99. The molecule has 1 N–H and O–H groups in total. The Morgan fingerprint density at radius 3 is 2.79 bits per heavy atom. The molecule has 1 aromatic rings. The highest BCUT2D eigenvalue weighted by Gasteiger charge is 2.17. The summed E-state index contributed by atoms with van der Waals surface area (Å²) >= 11 is 0. The number of aromatic hydroxyl groups is 1. The number of benzene rings is 1. The number of hydrogen-bond acceptors (Lipinski definition) is 4. The van der Waals surface area contributed by atoms with Crippen LogP contribution in [0.1, 0.15) is 18.4 Å². The topological polar surface area (TPSA) is 41.9 Å². The number of para-hydroxylation sites is 1. The van der Waals surface area contributed by atoms with Crippen LogP contribution in [0.2, 0.25) is 0 Å². The molecule has 4 nitrogen and oxygen atoms in total. The Balaban J connectivity index is 1.92. The first-order valence-corrected chi connectivity index (χ1v) is 6.82. The van der Waals surface area contributed by atoms with Crippen LogP contribution in [0.15, 0.2) is 18.2 Å². The molecule has 0 unspecified atom stereocenters. The molecule has 4 heteroatoms. The predicted octanol–water partition coefficient (Wildman–Crippen LogP) is 2.26. The first-order valence-electron chi connectivity index (χ1n) is 6.82. The van der Waals surface area contributed by atoms with Crippen LogP contribution in [0.25, 0.3) is 0 Å². The van der Waals surface area contributed by atoms with Crippen LogP contribution in [-0.2, 0) is 11.3 Å². The number of ether oxygens (including phenoxy) is 2. The molecule has 106 valence electrons. The third-order valence-corrected chi connectivity index (χ3v) is 3.65. The lowest BCUT2D eigenvalue weighted by Crippen LogP contribution is -2.29. The molecule has 2 rings (SSSR count). The molecule has 0 aliphatic carbocycles. The van der Waals surface area contributed by atoms with Gasteiger partial charge in [-0.3, -0.25) is 0 Å². The Bertz CT molecular complexity index is 402. The molecule has 19 heavy (non-hydrogen) atoms. The van der Waals surface area contributed by atoms with Crippen molar-refractivity contribution in [3.05, 3.63) is 23.8 Å². The van der Waals surface area contributed by atoms with Gasteiger partial charge in [0.25, 0.3) is 0 Å². The zero-order chi connectivity index (χ0) is 13.7. The van der Waals surface area contributed by atoms with Gasteiger partial charge in [0.15, 0.2) is 11.5 Å². The molecule has 1 saturated heterocycles. The second kappa shape index (κ2) is 6.78. The molecule has 0 aromatic heterocycles. The molecule has 1 fully saturated rings. The predicted molar refractivity (Wildman–Crippen MR) is 74.5 cm³/mol. The molecule has 0 saturated carbocycles. The molecule has 0 bridgehead atoms. The third kappa shape index (κ3) is 3.85. The van der Waals surface area contributed by atoms with Gasteiger partial charge in [0.1, 0.15) is 0 Å². The van der Waals surface area contributed by atoms with Gasteiger partial charge in [-0.2, -0.15) is 0 Å². The second-order valence-corrected chi connectivity index (χ2v) is 5.22. The van der Waals surface area contributed by atoms with E-state index in [9.17, 15) is 5.11 Å². The molecule has 0 spiro atoms. The fourth-order valence-corrected chi connectivity index (χ4v) is 2.59. The Hall–Kier alpha value is -1.26. The van der Waals surface area contributed by atoms with E-state index in [1.807, 2.05) is 12.1 Å². The number of phenols is 1. The quantitative estimate of drug-likeness (QED) is 0.886. The van der Waals surface area contributed by atoms with Gasteiger partial charge >= 0.3 is 0 Å². The average Bonchev–Trinajstić information content (AvgIpc) is 2.42. The summed E-state index contributed by atoms with van der Waals surface area (Å²) in [6.45, 7) is 3.53. The Morgan fingerprint density at radius 1 is 1.37 bits per heavy atom. The fraction of sp³-hybridized carbons (Fsp3) is 0.600. The van der Waals surface area contributed by atoms with E-state index in [1.54, 1.807) is 13.2 Å². The maximum Gasteiger partial charge on any atom is 0.162 e. The molecule has 1 aliphatic rings. The molecular weight excluding hydrogens is 242 g/mol. The van der Waals surface area contributed by atoms with E-state index >= 15 is 0 Å². The number of hydrogen-bond donors (Lipinski definition) is 1. The highest BCUT2D eigenvalue weighted by atomic mass is 16.5. The van der Waals surface area contributed by atoms with Crippen LogP contribution in [0, 0.1) is 5.92 Å². The van der Waals surface area contributed by atoms with Crippen molar-refractivity contribution in [1.29, 1.82) is 0 Å². The van der Waals surface area contributed by atoms with Crippen LogP contribution in [0.3, 0.4) is 0 Å². The first kappa shape index (κ1) is 14.2. The minimum atomic E-state index is 0.254. The fourth-order valence-electron chi connectivity index (χ4n) is 2.59. The van der Waals surface area contributed by atoms with Gasteiger partial charge in [-0.1, -0.05) is 12.1 Å². The third-order valence-electron chi connectivity index (χ3n) is 3.65. The van der Waals surface area contributed by atoms with E-state index in [-0.39, 0.29) is 5.75 Å². The van der Waals surface area contributed by atoms with Crippen molar-refractivity contribution in [3.63, 3.8) is 0 Å². The van der Waals surface area contributed by atoms with Gasteiger partial charge < -0.3 is 19.5 Å². The van der Waals surface area contributed by atoms with Crippen molar-refractivity contribution >= 4 is 0 Å². The zero-order valence-electron chi connectivity index (χ0n) is 11.8. The molecule has 0 radical (unpaired) electrons. The van der Waals surface area contributed by atoms with Crippen molar-refractivity contribution in [2.75, 3.05) is 33.9 Å². The van der Waals surface area contributed by atoms with Gasteiger partial charge in [0, 0.05) is 31.9 Å². The van der Waals surface area contributed by atoms with E-state index in [4.69, 9.17) is 9.47 Å². The smallest absolute Gasteiger partial charge is 0.162 e. The molecule has 1 heterocycles. The Labute approximate surface area is 114 Å². The highest BCUT2D eigenvalue weighted by Crippen LogP contribution is 2.30. The summed E-state index contributed by atoms with van der Waals surface area (Å²) in [5.41, 5.74) is 0.911. The van der Waals surface area contributed by atoms with Crippen molar-refractivity contribution in [3.8, 4) is 11.5 Å². The standard InChI is InChI=1S/C15H23NO3/c1-16(10-12-6-8-19-9-7-12)11-13-4-3-5-14(18-2)15(13)17/h3-5,12,17H,6-11H2,1-2H3. The van der Waals surface area contributed by atoms with Crippen molar-refractivity contribution in [2.45, 2.75) is 19.4 Å². The summed E-state index contributed by atoms with van der Waals surface area (Å²) in [7, 11) is 3.67. The molecule has 1 aliphatic heterocycles. The van der Waals surface area contributed by atoms with E-state index in [2.05, 4.69) is 11.9 Å². The summed E-state index contributed by atoms with van der Waals surface area (Å²) in [6, 6.07) is 5.63. The maximum absolute atomic E-state index is 10.1. The number of methoxy groups -OCH3 is 1. The Kier molecular flexibility index (Phi) is 5.05. The minimum Gasteiger partial charge on any atom is -0.504 e. The minimum absolute atomic E-state index is 0.254. The second-order valence-electron chi connectivity index (χ2n) is 5.22. The van der Waals surface area contributed by atoms with Crippen molar-refractivity contribution in [2.24, 2.45) is 5.92 Å². The monoisotopic (exact) mass is 265 g/mol. The highest BCUT2D eigenvalue weighted by molar-refractivity contribution is 5.45. The summed E-state index contributed by atoms with van der Waals surface area (Å²) in [5, 5.41) is 10.1. The van der Waals surface area contributed by atoms with Crippen molar-refractivity contribution in [1.82, 2.24) is 4.90 Å². The SMILES string of the molecule is COc1cccc(CN(C)CC2CCOCC2)c1O. The molecular formula is C15H23NO3. The van der Waals surface area contributed by atoms with Crippen molar-refractivity contribution < 1.29 is 14.6 Å². The van der Waals surface area contributed by atoms with Crippen LogP contribution in [-0.4, -0.2) is 43.9 Å². The average molecular weight is 265 g/mol. The molecule has 0 amide bonds. The van der Waals surface area contributed by atoms with E-state index < -0.39 is 0 Å². The van der Waals surface area contributed by atoms with E-state index in [0.29, 0.717) is 11.7 Å². The van der Waals surface area contributed by atoms with Crippen LogP contribution in [0.4, 0.5) is 0 Å². The normalized spacial score (nSPS) is 16.8. The number of nitrogens with zero attached hydrogens (tertiary/aromatic N) is 1. The zero-order valence-corrected chi connectivity index (χ0v) is 11.8.